The van der Waals surface area contributed by atoms with Crippen molar-refractivity contribution in [3.8, 4) is 0 Å². The van der Waals surface area contributed by atoms with Gasteiger partial charge in [-0.2, -0.15) is 0 Å². The van der Waals surface area contributed by atoms with E-state index in [1.54, 1.807) is 13.0 Å². The van der Waals surface area contributed by atoms with Crippen molar-refractivity contribution in [1.82, 2.24) is 0 Å². The van der Waals surface area contributed by atoms with E-state index in [1.807, 2.05) is 6.92 Å². The van der Waals surface area contributed by atoms with Crippen LogP contribution in [0, 0.1) is 34.5 Å². The lowest BCUT2D eigenvalue weighted by molar-refractivity contribution is -0.360. The Balaban J connectivity index is 0.993. The molecule has 6 fully saturated rings. The van der Waals surface area contributed by atoms with Gasteiger partial charge < -0.3 is 64.5 Å². The third-order valence-electron chi connectivity index (χ3n) is 14.3. The average Bonchev–Trinajstić information content (AvgIpc) is 3.62. The molecule has 3 aliphatic heterocycles. The van der Waals surface area contributed by atoms with E-state index in [0.717, 1.165) is 24.8 Å². The number of hydrogen-bond donors (Lipinski definition) is 8. The zero-order chi connectivity index (χ0) is 35.2. The summed E-state index contributed by atoms with van der Waals surface area (Å²) in [6.45, 7) is 5.48. The van der Waals surface area contributed by atoms with Gasteiger partial charge in [-0.3, -0.25) is 0 Å². The van der Waals surface area contributed by atoms with Crippen molar-refractivity contribution >= 4 is 5.97 Å². The zero-order valence-corrected chi connectivity index (χ0v) is 28.4. The molecule has 2 saturated heterocycles. The molecule has 7 rings (SSSR count). The highest BCUT2D eigenvalue weighted by Gasteiger charge is 2.71. The molecule has 278 valence electrons. The Morgan fingerprint density at radius 1 is 0.837 bits per heavy atom. The lowest BCUT2D eigenvalue weighted by atomic mass is 9.42. The maximum absolute atomic E-state index is 12.5. The highest BCUT2D eigenvalue weighted by Crippen LogP contribution is 2.70. The second-order valence-corrected chi connectivity index (χ2v) is 16.4. The van der Waals surface area contributed by atoms with Gasteiger partial charge in [0.15, 0.2) is 12.6 Å². The van der Waals surface area contributed by atoms with E-state index in [9.17, 15) is 45.6 Å². The van der Waals surface area contributed by atoms with Crippen molar-refractivity contribution in [3.05, 3.63) is 11.6 Å². The van der Waals surface area contributed by atoms with E-state index in [-0.39, 0.29) is 47.8 Å². The number of carbonyl (C=O) groups excluding carboxylic acids is 1. The molecule has 4 saturated carbocycles. The SMILES string of the molecule is C[C@H]1O[C@@H](O[C@H]2CC[C@@]3(C)[C@@H](CC[C@@H]4[C@@H]3C[C@@H](O)[C@]3(C)[C@@H](C5=CC(=O)OC5)CC[C@]43O)C2)[C@H](O)[C@H](O)[C@@H]1O[C@@H]1O[C@H](CO)[C@@H](O)[C@H](O)[C@H]1O. The molecule has 14 heteroatoms. The average molecular weight is 699 g/mol. The molecular formula is C35H54O14. The summed E-state index contributed by atoms with van der Waals surface area (Å²) in [4.78, 5) is 11.9. The Hall–Kier alpha value is -1.27. The summed E-state index contributed by atoms with van der Waals surface area (Å²) in [6, 6.07) is 0. The molecule has 0 aromatic rings. The van der Waals surface area contributed by atoms with Crippen LogP contribution in [0.4, 0.5) is 0 Å². The number of hydrogen-bond acceptors (Lipinski definition) is 14. The molecule has 3 heterocycles. The number of aliphatic hydroxyl groups is 8. The third-order valence-corrected chi connectivity index (χ3v) is 14.3. The molecule has 14 nitrogen and oxygen atoms in total. The molecule has 0 spiro atoms. The Labute approximate surface area is 285 Å². The highest BCUT2D eigenvalue weighted by atomic mass is 16.7. The standard InChI is InChI=1S/C35H54O14/c1-15-30(49-32-28(42)26(40)25(39)22(13-36)48-32)27(41)29(43)31(46-15)47-18-6-8-33(2)17(11-18)4-5-20-21(33)12-23(37)34(3)19(7-9-35(20,34)44)16-10-24(38)45-14-16/h10,15,17-23,25-32,36-37,39-44H,4-9,11-14H2,1-3H3/t15-,17+,18+,19-,20-,21+,22-,23-,25-,26+,27+,28-,29-,30-,31+,32+,33+,34+,35+/m1/s1. The highest BCUT2D eigenvalue weighted by molar-refractivity contribution is 5.85. The smallest absolute Gasteiger partial charge is 0.331 e. The summed E-state index contributed by atoms with van der Waals surface area (Å²) in [5.74, 6) is -0.104. The minimum Gasteiger partial charge on any atom is -0.458 e. The predicted molar refractivity (Wildman–Crippen MR) is 167 cm³/mol. The molecule has 0 aromatic carbocycles. The number of esters is 1. The van der Waals surface area contributed by atoms with Crippen LogP contribution in [0.3, 0.4) is 0 Å². The summed E-state index contributed by atoms with van der Waals surface area (Å²) in [7, 11) is 0. The molecule has 0 radical (unpaired) electrons. The first-order valence-electron chi connectivity index (χ1n) is 18.0. The van der Waals surface area contributed by atoms with Crippen molar-refractivity contribution in [2.24, 2.45) is 34.5 Å². The van der Waals surface area contributed by atoms with Gasteiger partial charge in [-0.1, -0.05) is 13.8 Å². The Morgan fingerprint density at radius 3 is 2.24 bits per heavy atom. The Morgan fingerprint density at radius 2 is 1.55 bits per heavy atom. The van der Waals surface area contributed by atoms with E-state index in [0.29, 0.717) is 32.1 Å². The normalized spacial score (nSPS) is 56.0. The predicted octanol–water partition coefficient (Wildman–Crippen LogP) is -0.749. The molecule has 0 amide bonds. The fourth-order valence-electron chi connectivity index (χ4n) is 11.3. The topological polar surface area (TPSA) is 225 Å². The summed E-state index contributed by atoms with van der Waals surface area (Å²) in [5.41, 5.74) is -1.10. The van der Waals surface area contributed by atoms with Gasteiger partial charge >= 0.3 is 5.97 Å². The van der Waals surface area contributed by atoms with Crippen LogP contribution in [-0.2, 0) is 28.5 Å². The van der Waals surface area contributed by atoms with Gasteiger partial charge in [-0.25, -0.2) is 4.79 Å². The second-order valence-electron chi connectivity index (χ2n) is 16.4. The molecule has 19 atom stereocenters. The largest absolute Gasteiger partial charge is 0.458 e. The maximum atomic E-state index is 12.5. The van der Waals surface area contributed by atoms with Crippen LogP contribution in [0.15, 0.2) is 11.6 Å². The van der Waals surface area contributed by atoms with Gasteiger partial charge in [-0.15, -0.1) is 0 Å². The fraction of sp³-hybridized carbons (Fsp3) is 0.914. The monoisotopic (exact) mass is 698 g/mol. The first-order chi connectivity index (χ1) is 23.1. The quantitative estimate of drug-likeness (QED) is 0.126. The van der Waals surface area contributed by atoms with Crippen LogP contribution in [0.25, 0.3) is 0 Å². The number of fused-ring (bicyclic) bond motifs is 5. The summed E-state index contributed by atoms with van der Waals surface area (Å²) in [5, 5.41) is 86.5. The van der Waals surface area contributed by atoms with Crippen molar-refractivity contribution in [2.45, 2.75) is 151 Å². The second kappa shape index (κ2) is 13.0. The van der Waals surface area contributed by atoms with Crippen molar-refractivity contribution < 1.29 is 69.3 Å². The van der Waals surface area contributed by atoms with E-state index in [4.69, 9.17) is 23.7 Å². The number of rotatable bonds is 6. The van der Waals surface area contributed by atoms with Crippen LogP contribution in [0.1, 0.15) is 72.1 Å². The minimum absolute atomic E-state index is 0.0170. The van der Waals surface area contributed by atoms with Crippen LogP contribution in [-0.4, -0.2) is 139 Å². The van der Waals surface area contributed by atoms with E-state index in [2.05, 4.69) is 6.92 Å². The third kappa shape index (κ3) is 5.56. The summed E-state index contributed by atoms with van der Waals surface area (Å²) >= 11 is 0. The van der Waals surface area contributed by atoms with Crippen molar-refractivity contribution in [2.75, 3.05) is 13.2 Å². The molecule has 7 aliphatic rings. The van der Waals surface area contributed by atoms with Crippen LogP contribution < -0.4 is 0 Å². The van der Waals surface area contributed by atoms with E-state index in [1.165, 1.54) is 0 Å². The first kappa shape index (κ1) is 36.1. The van der Waals surface area contributed by atoms with E-state index < -0.39 is 85.1 Å². The number of aliphatic hydroxyl groups excluding tert-OH is 7. The molecular weight excluding hydrogens is 644 g/mol. The summed E-state index contributed by atoms with van der Waals surface area (Å²) in [6.07, 6.45) is -7.49. The molecule has 0 bridgehead atoms. The lowest BCUT2D eigenvalue weighted by Gasteiger charge is -2.65. The molecule has 8 N–H and O–H groups in total. The lowest BCUT2D eigenvalue weighted by Crippen LogP contribution is -2.67. The fourth-order valence-corrected chi connectivity index (χ4v) is 11.3. The molecule has 0 unspecified atom stereocenters. The number of cyclic esters (lactones) is 1. The van der Waals surface area contributed by atoms with Gasteiger partial charge in [0.25, 0.3) is 0 Å². The van der Waals surface area contributed by atoms with Crippen LogP contribution in [0.5, 0.6) is 0 Å². The van der Waals surface area contributed by atoms with Crippen LogP contribution >= 0.6 is 0 Å². The first-order valence-corrected chi connectivity index (χ1v) is 18.0. The van der Waals surface area contributed by atoms with Crippen molar-refractivity contribution in [1.29, 1.82) is 0 Å². The van der Waals surface area contributed by atoms with Gasteiger partial charge in [0.2, 0.25) is 0 Å². The number of ether oxygens (including phenoxy) is 5. The van der Waals surface area contributed by atoms with E-state index >= 15 is 0 Å². The van der Waals surface area contributed by atoms with Crippen molar-refractivity contribution in [3.63, 3.8) is 0 Å². The molecule has 49 heavy (non-hydrogen) atoms. The van der Waals surface area contributed by atoms with Gasteiger partial charge in [0.05, 0.1) is 30.5 Å². The Kier molecular flexibility index (Phi) is 9.57. The maximum Gasteiger partial charge on any atom is 0.331 e. The van der Waals surface area contributed by atoms with Gasteiger partial charge in [0, 0.05) is 11.5 Å². The summed E-state index contributed by atoms with van der Waals surface area (Å²) < 4.78 is 28.7. The zero-order valence-electron chi connectivity index (χ0n) is 28.4. The van der Waals surface area contributed by atoms with Gasteiger partial charge in [0.1, 0.15) is 49.3 Å². The molecule has 0 aromatic heterocycles. The minimum atomic E-state index is -1.67. The molecule has 4 aliphatic carbocycles. The number of carbonyl (C=O) groups is 1. The van der Waals surface area contributed by atoms with Crippen LogP contribution in [0.2, 0.25) is 0 Å². The van der Waals surface area contributed by atoms with Gasteiger partial charge in [-0.05, 0) is 93.0 Å². The Bertz CT molecular complexity index is 1280.